The Balaban J connectivity index is 2.26. The molecule has 0 aromatic heterocycles. The lowest BCUT2D eigenvalue weighted by Crippen LogP contribution is -2.06. The minimum atomic E-state index is 0.0931. The molecule has 104 valence electrons. The smallest absolute Gasteiger partial charge is 0.167 e. The summed E-state index contributed by atoms with van der Waals surface area (Å²) in [5.41, 5.74) is 3.51. The molecule has 0 bridgehead atoms. The number of ketones is 1. The first-order valence-electron chi connectivity index (χ1n) is 6.44. The van der Waals surface area contributed by atoms with Crippen molar-refractivity contribution in [2.24, 2.45) is 0 Å². The van der Waals surface area contributed by atoms with E-state index in [1.54, 1.807) is 7.11 Å². The Morgan fingerprint density at radius 3 is 2.60 bits per heavy atom. The molecule has 0 saturated heterocycles. The third-order valence-corrected chi connectivity index (χ3v) is 3.71. The van der Waals surface area contributed by atoms with Crippen LogP contribution in [0.15, 0.2) is 36.4 Å². The van der Waals surface area contributed by atoms with Crippen molar-refractivity contribution in [3.05, 3.63) is 63.7 Å². The molecule has 0 aliphatic rings. The van der Waals surface area contributed by atoms with Crippen LogP contribution in [0.4, 0.5) is 0 Å². The van der Waals surface area contributed by atoms with Crippen molar-refractivity contribution in [3.8, 4) is 5.75 Å². The van der Waals surface area contributed by atoms with E-state index in [4.69, 9.17) is 16.3 Å². The van der Waals surface area contributed by atoms with Crippen molar-refractivity contribution in [3.63, 3.8) is 0 Å². The Labute approximate surface area is 124 Å². The van der Waals surface area contributed by atoms with Crippen LogP contribution >= 0.6 is 11.6 Å². The Bertz CT molecular complexity index is 647. The quantitative estimate of drug-likeness (QED) is 0.780. The topological polar surface area (TPSA) is 26.3 Å². The summed E-state index contributed by atoms with van der Waals surface area (Å²) in [7, 11) is 1.62. The monoisotopic (exact) mass is 288 g/mol. The highest BCUT2D eigenvalue weighted by Crippen LogP contribution is 2.22. The molecule has 2 rings (SSSR count). The summed E-state index contributed by atoms with van der Waals surface area (Å²) in [6.07, 6.45) is 0.360. The van der Waals surface area contributed by atoms with E-state index in [1.807, 2.05) is 50.2 Å². The highest BCUT2D eigenvalue weighted by molar-refractivity contribution is 6.31. The molecule has 2 aromatic carbocycles. The van der Waals surface area contributed by atoms with Crippen LogP contribution in [0.5, 0.6) is 5.75 Å². The number of carbonyl (C=O) groups is 1. The molecule has 0 saturated carbocycles. The number of benzene rings is 2. The maximum absolute atomic E-state index is 12.4. The maximum atomic E-state index is 12.4. The van der Waals surface area contributed by atoms with E-state index in [2.05, 4.69) is 0 Å². The summed E-state index contributed by atoms with van der Waals surface area (Å²) in [5, 5.41) is 0.695. The van der Waals surface area contributed by atoms with Gasteiger partial charge in [-0.2, -0.15) is 0 Å². The fourth-order valence-electron chi connectivity index (χ4n) is 2.14. The first kappa shape index (κ1) is 14.6. The minimum Gasteiger partial charge on any atom is -0.497 e. The number of rotatable bonds is 4. The highest BCUT2D eigenvalue weighted by Gasteiger charge is 2.12. The maximum Gasteiger partial charge on any atom is 0.167 e. The van der Waals surface area contributed by atoms with Crippen molar-refractivity contribution in [2.45, 2.75) is 20.3 Å². The largest absolute Gasteiger partial charge is 0.497 e. The molecule has 0 amide bonds. The van der Waals surface area contributed by atoms with Gasteiger partial charge in [0.05, 0.1) is 7.11 Å². The molecule has 2 nitrogen and oxygen atoms in total. The van der Waals surface area contributed by atoms with Gasteiger partial charge in [0.15, 0.2) is 5.78 Å². The molecule has 0 heterocycles. The van der Waals surface area contributed by atoms with Crippen LogP contribution in [0.25, 0.3) is 0 Å². The highest BCUT2D eigenvalue weighted by atomic mass is 35.5. The van der Waals surface area contributed by atoms with E-state index in [1.165, 1.54) is 0 Å². The van der Waals surface area contributed by atoms with Gasteiger partial charge in [0, 0.05) is 17.0 Å². The van der Waals surface area contributed by atoms with Crippen molar-refractivity contribution < 1.29 is 9.53 Å². The van der Waals surface area contributed by atoms with E-state index in [0.717, 1.165) is 28.0 Å². The fourth-order valence-corrected chi connectivity index (χ4v) is 2.36. The molecule has 2 aromatic rings. The van der Waals surface area contributed by atoms with Crippen LogP contribution in [-0.2, 0) is 6.42 Å². The first-order valence-corrected chi connectivity index (χ1v) is 6.82. The number of aryl methyl sites for hydroxylation is 2. The fraction of sp³-hybridized carbons (Fsp3) is 0.235. The van der Waals surface area contributed by atoms with Crippen LogP contribution in [0.2, 0.25) is 5.02 Å². The van der Waals surface area contributed by atoms with Crippen molar-refractivity contribution in [1.29, 1.82) is 0 Å². The average molecular weight is 289 g/mol. The summed E-state index contributed by atoms with van der Waals surface area (Å²) in [4.78, 5) is 12.4. The van der Waals surface area contributed by atoms with E-state index in [-0.39, 0.29) is 5.78 Å². The predicted octanol–water partition coefficient (Wildman–Crippen LogP) is 4.39. The first-order chi connectivity index (χ1) is 9.51. The molecule has 20 heavy (non-hydrogen) atoms. The van der Waals surface area contributed by atoms with Crippen molar-refractivity contribution in [1.82, 2.24) is 0 Å². The van der Waals surface area contributed by atoms with E-state index in [9.17, 15) is 4.79 Å². The second kappa shape index (κ2) is 6.10. The predicted molar refractivity (Wildman–Crippen MR) is 82.0 cm³/mol. The van der Waals surface area contributed by atoms with Gasteiger partial charge in [0.25, 0.3) is 0 Å². The van der Waals surface area contributed by atoms with Gasteiger partial charge in [0.1, 0.15) is 5.75 Å². The number of ether oxygens (including phenoxy) is 1. The van der Waals surface area contributed by atoms with Gasteiger partial charge in [-0.1, -0.05) is 23.7 Å². The zero-order chi connectivity index (χ0) is 14.7. The molecule has 0 radical (unpaired) electrons. The zero-order valence-corrected chi connectivity index (χ0v) is 12.6. The second-order valence-corrected chi connectivity index (χ2v) is 5.27. The van der Waals surface area contributed by atoms with E-state index in [0.29, 0.717) is 11.4 Å². The summed E-state index contributed by atoms with van der Waals surface area (Å²) in [6.45, 7) is 3.81. The van der Waals surface area contributed by atoms with Gasteiger partial charge in [-0.3, -0.25) is 4.79 Å². The minimum absolute atomic E-state index is 0.0931. The lowest BCUT2D eigenvalue weighted by atomic mass is 9.97. The summed E-state index contributed by atoms with van der Waals surface area (Å²) in [6, 6.07) is 11.3. The molecular formula is C17H17ClO2. The van der Waals surface area contributed by atoms with Gasteiger partial charge in [-0.05, 0) is 54.8 Å². The van der Waals surface area contributed by atoms with Crippen LogP contribution < -0.4 is 4.74 Å². The third-order valence-electron chi connectivity index (χ3n) is 3.30. The molecule has 0 N–H and O–H groups in total. The summed E-state index contributed by atoms with van der Waals surface area (Å²) in [5.74, 6) is 0.856. The SMILES string of the molecule is COc1cccc(CC(=O)c2cc(C)c(Cl)cc2C)c1. The van der Waals surface area contributed by atoms with Crippen LogP contribution in [0, 0.1) is 13.8 Å². The zero-order valence-electron chi connectivity index (χ0n) is 11.9. The number of halogens is 1. The number of carbonyl (C=O) groups excluding carboxylic acids is 1. The van der Waals surface area contributed by atoms with Gasteiger partial charge in [-0.15, -0.1) is 0 Å². The molecule has 0 spiro atoms. The van der Waals surface area contributed by atoms with Gasteiger partial charge in [-0.25, -0.2) is 0 Å². The number of Topliss-reactive ketones (excluding diaryl/α,β-unsaturated/α-hetero) is 1. The number of hydrogen-bond acceptors (Lipinski definition) is 2. The van der Waals surface area contributed by atoms with E-state index >= 15 is 0 Å². The lowest BCUT2D eigenvalue weighted by molar-refractivity contribution is 0.0992. The van der Waals surface area contributed by atoms with Crippen molar-refractivity contribution in [2.75, 3.05) is 7.11 Å². The standard InChI is InChI=1S/C17H17ClO2/c1-11-8-16(18)12(2)7-15(11)17(19)10-13-5-4-6-14(9-13)20-3/h4-9H,10H2,1-3H3. The van der Waals surface area contributed by atoms with Gasteiger partial charge in [0.2, 0.25) is 0 Å². The number of hydrogen-bond donors (Lipinski definition) is 0. The Hall–Kier alpha value is -1.80. The van der Waals surface area contributed by atoms with Crippen molar-refractivity contribution >= 4 is 17.4 Å². The van der Waals surface area contributed by atoms with Gasteiger partial charge >= 0.3 is 0 Å². The van der Waals surface area contributed by atoms with Crippen LogP contribution in [-0.4, -0.2) is 12.9 Å². The van der Waals surface area contributed by atoms with Crippen LogP contribution in [0.1, 0.15) is 27.0 Å². The molecule has 0 atom stereocenters. The average Bonchev–Trinajstić information content (AvgIpc) is 2.43. The summed E-state index contributed by atoms with van der Waals surface area (Å²) < 4.78 is 5.17. The number of methoxy groups -OCH3 is 1. The second-order valence-electron chi connectivity index (χ2n) is 4.87. The molecule has 0 unspecified atom stereocenters. The van der Waals surface area contributed by atoms with Gasteiger partial charge < -0.3 is 4.74 Å². The molecule has 3 heteroatoms. The molecule has 0 fully saturated rings. The molecule has 0 aliphatic carbocycles. The Morgan fingerprint density at radius 2 is 1.90 bits per heavy atom. The third kappa shape index (κ3) is 3.20. The van der Waals surface area contributed by atoms with Crippen LogP contribution in [0.3, 0.4) is 0 Å². The summed E-state index contributed by atoms with van der Waals surface area (Å²) >= 11 is 6.06. The molecule has 0 aliphatic heterocycles. The Morgan fingerprint density at radius 1 is 1.15 bits per heavy atom. The normalized spacial score (nSPS) is 10.4. The Kier molecular flexibility index (Phi) is 4.46. The lowest BCUT2D eigenvalue weighted by Gasteiger charge is -2.09. The van der Waals surface area contributed by atoms with E-state index < -0.39 is 0 Å². The molecular weight excluding hydrogens is 272 g/mol.